The summed E-state index contributed by atoms with van der Waals surface area (Å²) in [7, 11) is 1.46. The van der Waals surface area contributed by atoms with Gasteiger partial charge in [0, 0.05) is 0 Å². The highest BCUT2D eigenvalue weighted by molar-refractivity contribution is 5.50. The fraction of sp³-hybridized carbons (Fsp3) is 0.385. The van der Waals surface area contributed by atoms with Gasteiger partial charge >= 0.3 is 0 Å². The third-order valence-electron chi connectivity index (χ3n) is 2.22. The van der Waals surface area contributed by atoms with Crippen molar-refractivity contribution in [2.24, 2.45) is 0 Å². The van der Waals surface area contributed by atoms with E-state index in [0.717, 1.165) is 25.1 Å². The van der Waals surface area contributed by atoms with Crippen LogP contribution in [0.4, 0.5) is 4.39 Å². The number of ether oxygens (including phenoxy) is 1. The van der Waals surface area contributed by atoms with E-state index in [2.05, 4.69) is 12.2 Å². The van der Waals surface area contributed by atoms with Crippen molar-refractivity contribution in [1.82, 2.24) is 5.32 Å². The largest absolute Gasteiger partial charge is 0.494 e. The summed E-state index contributed by atoms with van der Waals surface area (Å²) < 4.78 is 18.2. The van der Waals surface area contributed by atoms with Gasteiger partial charge in [-0.15, -0.1) is 0 Å². The molecule has 0 spiro atoms. The monoisotopic (exact) mass is 223 g/mol. The molecule has 0 heterocycles. The average molecular weight is 223 g/mol. The Morgan fingerprint density at radius 3 is 2.88 bits per heavy atom. The first-order valence-corrected chi connectivity index (χ1v) is 5.48. The molecule has 0 amide bonds. The Kier molecular flexibility index (Phi) is 5.57. The zero-order valence-electron chi connectivity index (χ0n) is 9.79. The summed E-state index contributed by atoms with van der Waals surface area (Å²) in [5.41, 5.74) is 0.856. The lowest BCUT2D eigenvalue weighted by Crippen LogP contribution is -2.12. The van der Waals surface area contributed by atoms with Crippen LogP contribution in [-0.4, -0.2) is 20.2 Å². The summed E-state index contributed by atoms with van der Waals surface area (Å²) >= 11 is 0. The molecule has 0 radical (unpaired) electrons. The molecule has 0 saturated carbocycles. The molecule has 3 heteroatoms. The van der Waals surface area contributed by atoms with Crippen LogP contribution in [0.5, 0.6) is 5.75 Å². The number of rotatable bonds is 6. The van der Waals surface area contributed by atoms with Crippen LogP contribution in [0.3, 0.4) is 0 Å². The molecule has 0 fully saturated rings. The van der Waals surface area contributed by atoms with Gasteiger partial charge in [-0.2, -0.15) is 0 Å². The highest BCUT2D eigenvalue weighted by Gasteiger charge is 2.00. The Balaban J connectivity index is 2.51. The summed E-state index contributed by atoms with van der Waals surface area (Å²) in [4.78, 5) is 0. The molecule has 0 bridgehead atoms. The summed E-state index contributed by atoms with van der Waals surface area (Å²) in [6.45, 7) is 4.00. The van der Waals surface area contributed by atoms with E-state index in [1.807, 2.05) is 18.2 Å². The van der Waals surface area contributed by atoms with Crippen molar-refractivity contribution in [2.45, 2.75) is 13.3 Å². The van der Waals surface area contributed by atoms with Crippen molar-refractivity contribution in [1.29, 1.82) is 0 Å². The molecule has 0 unspecified atom stereocenters. The van der Waals surface area contributed by atoms with Crippen molar-refractivity contribution >= 4 is 6.08 Å². The molecular formula is C13H18FNO. The van der Waals surface area contributed by atoms with E-state index in [9.17, 15) is 4.39 Å². The number of hydrogen-bond donors (Lipinski definition) is 1. The molecule has 0 saturated heterocycles. The Morgan fingerprint density at radius 2 is 2.25 bits per heavy atom. The zero-order chi connectivity index (χ0) is 11.8. The molecule has 0 aliphatic heterocycles. The van der Waals surface area contributed by atoms with Crippen LogP contribution in [0.25, 0.3) is 6.08 Å². The molecule has 1 aromatic rings. The van der Waals surface area contributed by atoms with Crippen molar-refractivity contribution in [2.75, 3.05) is 20.2 Å². The number of methoxy groups -OCH3 is 1. The van der Waals surface area contributed by atoms with Gasteiger partial charge in [0.25, 0.3) is 0 Å². The fourth-order valence-electron chi connectivity index (χ4n) is 1.37. The van der Waals surface area contributed by atoms with E-state index in [1.54, 1.807) is 6.07 Å². The standard InChI is InChI=1S/C13H18FNO/c1-3-15-9-5-4-6-11-7-8-13(16-2)12(14)10-11/h4,6-8,10,15H,3,5,9H2,1-2H3. The smallest absolute Gasteiger partial charge is 0.165 e. The highest BCUT2D eigenvalue weighted by atomic mass is 19.1. The first-order chi connectivity index (χ1) is 7.77. The van der Waals surface area contributed by atoms with E-state index in [1.165, 1.54) is 13.2 Å². The van der Waals surface area contributed by atoms with Crippen LogP contribution in [0.1, 0.15) is 18.9 Å². The van der Waals surface area contributed by atoms with Gasteiger partial charge in [0.05, 0.1) is 7.11 Å². The van der Waals surface area contributed by atoms with Gasteiger partial charge in [0.1, 0.15) is 0 Å². The lowest BCUT2D eigenvalue weighted by Gasteiger charge is -2.02. The topological polar surface area (TPSA) is 21.3 Å². The minimum absolute atomic E-state index is 0.282. The first-order valence-electron chi connectivity index (χ1n) is 5.48. The first kappa shape index (κ1) is 12.7. The molecular weight excluding hydrogens is 205 g/mol. The Labute approximate surface area is 96.1 Å². The second-order valence-electron chi connectivity index (χ2n) is 3.44. The minimum Gasteiger partial charge on any atom is -0.494 e. The number of benzene rings is 1. The van der Waals surface area contributed by atoms with E-state index < -0.39 is 0 Å². The van der Waals surface area contributed by atoms with Crippen LogP contribution in [0.15, 0.2) is 24.3 Å². The van der Waals surface area contributed by atoms with Gasteiger partial charge in [-0.25, -0.2) is 4.39 Å². The third-order valence-corrected chi connectivity index (χ3v) is 2.22. The molecule has 2 nitrogen and oxygen atoms in total. The predicted octanol–water partition coefficient (Wildman–Crippen LogP) is 2.85. The molecule has 0 aliphatic rings. The van der Waals surface area contributed by atoms with Crippen LogP contribution in [0, 0.1) is 5.82 Å². The molecule has 0 atom stereocenters. The van der Waals surface area contributed by atoms with Crippen LogP contribution in [-0.2, 0) is 0 Å². The normalized spacial score (nSPS) is 10.9. The van der Waals surface area contributed by atoms with Crippen molar-refractivity contribution in [3.05, 3.63) is 35.7 Å². The van der Waals surface area contributed by atoms with Gasteiger partial charge in [0.2, 0.25) is 0 Å². The maximum Gasteiger partial charge on any atom is 0.165 e. The fourth-order valence-corrected chi connectivity index (χ4v) is 1.37. The molecule has 1 aromatic carbocycles. The molecule has 0 aliphatic carbocycles. The minimum atomic E-state index is -0.323. The van der Waals surface area contributed by atoms with Crippen molar-refractivity contribution in [3.8, 4) is 5.75 Å². The predicted molar refractivity (Wildman–Crippen MR) is 65.1 cm³/mol. The van der Waals surface area contributed by atoms with E-state index >= 15 is 0 Å². The number of nitrogens with one attached hydrogen (secondary N) is 1. The molecule has 1 N–H and O–H groups in total. The van der Waals surface area contributed by atoms with Crippen LogP contribution < -0.4 is 10.1 Å². The number of hydrogen-bond acceptors (Lipinski definition) is 2. The summed E-state index contributed by atoms with van der Waals surface area (Å²) in [6, 6.07) is 4.95. The zero-order valence-corrected chi connectivity index (χ0v) is 9.79. The molecule has 1 rings (SSSR count). The van der Waals surface area contributed by atoms with Gasteiger partial charge in [-0.05, 0) is 37.2 Å². The Morgan fingerprint density at radius 1 is 1.44 bits per heavy atom. The summed E-state index contributed by atoms with van der Waals surface area (Å²) in [6.07, 6.45) is 4.89. The lowest BCUT2D eigenvalue weighted by atomic mass is 10.2. The lowest BCUT2D eigenvalue weighted by molar-refractivity contribution is 0.386. The molecule has 16 heavy (non-hydrogen) atoms. The maximum atomic E-state index is 13.3. The van der Waals surface area contributed by atoms with Crippen LogP contribution in [0.2, 0.25) is 0 Å². The molecule has 88 valence electrons. The van der Waals surface area contributed by atoms with Gasteiger partial charge in [-0.1, -0.05) is 25.1 Å². The maximum absolute atomic E-state index is 13.3. The van der Waals surface area contributed by atoms with E-state index in [4.69, 9.17) is 4.74 Å². The Hall–Kier alpha value is -1.35. The second kappa shape index (κ2) is 7.01. The Bertz CT molecular complexity index is 350. The van der Waals surface area contributed by atoms with Crippen molar-refractivity contribution in [3.63, 3.8) is 0 Å². The number of halogens is 1. The SMILES string of the molecule is CCNCCC=Cc1ccc(OC)c(F)c1. The summed E-state index contributed by atoms with van der Waals surface area (Å²) in [5, 5.41) is 3.22. The van der Waals surface area contributed by atoms with E-state index in [0.29, 0.717) is 0 Å². The average Bonchev–Trinajstić information content (AvgIpc) is 2.29. The van der Waals surface area contributed by atoms with Crippen molar-refractivity contribution < 1.29 is 9.13 Å². The van der Waals surface area contributed by atoms with Crippen LogP contribution >= 0.6 is 0 Å². The highest BCUT2D eigenvalue weighted by Crippen LogP contribution is 2.18. The second-order valence-corrected chi connectivity index (χ2v) is 3.44. The third kappa shape index (κ3) is 4.03. The van der Waals surface area contributed by atoms with Gasteiger partial charge in [0.15, 0.2) is 11.6 Å². The van der Waals surface area contributed by atoms with E-state index in [-0.39, 0.29) is 11.6 Å². The van der Waals surface area contributed by atoms with Gasteiger partial charge < -0.3 is 10.1 Å². The quantitative estimate of drug-likeness (QED) is 0.749. The van der Waals surface area contributed by atoms with Gasteiger partial charge in [-0.3, -0.25) is 0 Å². The molecule has 0 aromatic heterocycles. The summed E-state index contributed by atoms with van der Waals surface area (Å²) in [5.74, 6) is -0.0406.